The topological polar surface area (TPSA) is 58.9 Å². The van der Waals surface area contributed by atoms with Crippen LogP contribution in [-0.2, 0) is 9.63 Å². The number of carbonyl (C=O) groups is 1. The highest BCUT2D eigenvalue weighted by molar-refractivity contribution is 6.29. The number of aliphatic hydroxyl groups is 1. The van der Waals surface area contributed by atoms with Gasteiger partial charge in [0.15, 0.2) is 5.78 Å². The Kier molecular flexibility index (Phi) is 4.81. The standard InChI is InChI=1S/C18H21NO3/c1-4-10-22-19-17(13-8-6-5-7-9-13)16-14(20)11-18(2,3)12-15(16)21/h4-9,20H,1,10-12H2,2-3H3. The summed E-state index contributed by atoms with van der Waals surface area (Å²) in [5, 5.41) is 14.4. The number of Topliss-reactive ketones (excluding diaryl/α,β-unsaturated/α-hetero) is 1. The average molecular weight is 299 g/mol. The van der Waals surface area contributed by atoms with Crippen LogP contribution in [0.2, 0.25) is 0 Å². The molecule has 0 radical (unpaired) electrons. The first-order chi connectivity index (χ1) is 10.4. The maximum Gasteiger partial charge on any atom is 0.169 e. The Morgan fingerprint density at radius 2 is 2.05 bits per heavy atom. The quantitative estimate of drug-likeness (QED) is 0.389. The molecular formula is C18H21NO3. The third kappa shape index (κ3) is 3.64. The monoisotopic (exact) mass is 299 g/mol. The lowest BCUT2D eigenvalue weighted by molar-refractivity contribution is -0.118. The fourth-order valence-electron chi connectivity index (χ4n) is 2.55. The van der Waals surface area contributed by atoms with Crippen molar-refractivity contribution in [1.29, 1.82) is 0 Å². The van der Waals surface area contributed by atoms with Crippen LogP contribution in [0.3, 0.4) is 0 Å². The van der Waals surface area contributed by atoms with Gasteiger partial charge in [-0.1, -0.05) is 62.0 Å². The summed E-state index contributed by atoms with van der Waals surface area (Å²) < 4.78 is 0. The van der Waals surface area contributed by atoms with Crippen LogP contribution in [0.5, 0.6) is 0 Å². The van der Waals surface area contributed by atoms with Gasteiger partial charge in [0, 0.05) is 18.4 Å². The Hall–Kier alpha value is -2.36. The lowest BCUT2D eigenvalue weighted by Gasteiger charge is -2.29. The molecule has 0 aromatic heterocycles. The first kappa shape index (κ1) is 16.0. The Labute approximate surface area is 130 Å². The lowest BCUT2D eigenvalue weighted by atomic mass is 9.75. The van der Waals surface area contributed by atoms with Crippen molar-refractivity contribution in [2.45, 2.75) is 26.7 Å². The number of hydrogen-bond donors (Lipinski definition) is 1. The molecule has 1 aromatic rings. The first-order valence-electron chi connectivity index (χ1n) is 7.26. The summed E-state index contributed by atoms with van der Waals surface area (Å²) in [6, 6.07) is 9.26. The van der Waals surface area contributed by atoms with E-state index >= 15 is 0 Å². The minimum absolute atomic E-state index is 0.0751. The van der Waals surface area contributed by atoms with E-state index in [0.29, 0.717) is 18.6 Å². The van der Waals surface area contributed by atoms with E-state index in [1.807, 2.05) is 44.2 Å². The second-order valence-electron chi connectivity index (χ2n) is 6.15. The van der Waals surface area contributed by atoms with Gasteiger partial charge in [0.25, 0.3) is 0 Å². The maximum atomic E-state index is 12.5. The van der Waals surface area contributed by atoms with E-state index in [-0.39, 0.29) is 29.1 Å². The highest BCUT2D eigenvalue weighted by Crippen LogP contribution is 2.36. The molecule has 2 rings (SSSR count). The number of ketones is 1. The molecule has 0 spiro atoms. The molecule has 22 heavy (non-hydrogen) atoms. The Balaban J connectivity index is 2.47. The lowest BCUT2D eigenvalue weighted by Crippen LogP contribution is -2.29. The molecule has 0 saturated carbocycles. The van der Waals surface area contributed by atoms with Crippen molar-refractivity contribution in [2.24, 2.45) is 10.6 Å². The van der Waals surface area contributed by atoms with Gasteiger partial charge in [-0.05, 0) is 5.41 Å². The zero-order valence-electron chi connectivity index (χ0n) is 13.0. The van der Waals surface area contributed by atoms with E-state index in [1.165, 1.54) is 0 Å². The largest absolute Gasteiger partial charge is 0.511 e. The van der Waals surface area contributed by atoms with Crippen molar-refractivity contribution in [1.82, 2.24) is 0 Å². The van der Waals surface area contributed by atoms with E-state index in [2.05, 4.69) is 11.7 Å². The highest BCUT2D eigenvalue weighted by atomic mass is 16.6. The van der Waals surface area contributed by atoms with Gasteiger partial charge in [0.2, 0.25) is 0 Å². The van der Waals surface area contributed by atoms with Crippen molar-refractivity contribution in [3.05, 3.63) is 59.9 Å². The minimum atomic E-state index is -0.242. The fraction of sp³-hybridized carbons (Fsp3) is 0.333. The number of rotatable bonds is 5. The summed E-state index contributed by atoms with van der Waals surface area (Å²) in [4.78, 5) is 17.7. The molecule has 0 fully saturated rings. The third-order valence-electron chi connectivity index (χ3n) is 3.48. The zero-order valence-corrected chi connectivity index (χ0v) is 13.0. The number of carbonyl (C=O) groups excluding carboxylic acids is 1. The van der Waals surface area contributed by atoms with E-state index in [4.69, 9.17) is 4.84 Å². The molecule has 1 aliphatic rings. The van der Waals surface area contributed by atoms with Crippen LogP contribution in [0, 0.1) is 5.41 Å². The first-order valence-corrected chi connectivity index (χ1v) is 7.26. The second kappa shape index (κ2) is 6.60. The molecule has 4 nitrogen and oxygen atoms in total. The molecule has 0 saturated heterocycles. The van der Waals surface area contributed by atoms with E-state index in [1.54, 1.807) is 6.08 Å². The molecule has 0 unspecified atom stereocenters. The minimum Gasteiger partial charge on any atom is -0.511 e. The van der Waals surface area contributed by atoms with Gasteiger partial charge in [0.05, 0.1) is 5.57 Å². The summed E-state index contributed by atoms with van der Waals surface area (Å²) in [5.41, 5.74) is 1.13. The molecule has 0 bridgehead atoms. The molecule has 0 amide bonds. The summed E-state index contributed by atoms with van der Waals surface area (Å²) in [5.74, 6) is -0.0374. The fourth-order valence-corrected chi connectivity index (χ4v) is 2.55. The molecule has 116 valence electrons. The van der Waals surface area contributed by atoms with Crippen molar-refractivity contribution < 1.29 is 14.7 Å². The van der Waals surface area contributed by atoms with Crippen LogP contribution in [0.15, 0.2) is 59.5 Å². The van der Waals surface area contributed by atoms with Gasteiger partial charge in [-0.15, -0.1) is 0 Å². The van der Waals surface area contributed by atoms with Crippen LogP contribution in [0.1, 0.15) is 32.3 Å². The number of nitrogens with zero attached hydrogens (tertiary/aromatic N) is 1. The highest BCUT2D eigenvalue weighted by Gasteiger charge is 2.35. The predicted octanol–water partition coefficient (Wildman–Crippen LogP) is 3.79. The van der Waals surface area contributed by atoms with Crippen molar-refractivity contribution in [3.8, 4) is 0 Å². The zero-order chi connectivity index (χ0) is 16.2. The molecule has 1 N–H and O–H groups in total. The Bertz CT molecular complexity index is 627. The van der Waals surface area contributed by atoms with Gasteiger partial charge >= 0.3 is 0 Å². The summed E-state index contributed by atoms with van der Waals surface area (Å²) in [6.07, 6.45) is 2.40. The van der Waals surface area contributed by atoms with Crippen LogP contribution < -0.4 is 0 Å². The number of aliphatic hydroxyl groups excluding tert-OH is 1. The number of oxime groups is 1. The Morgan fingerprint density at radius 1 is 1.36 bits per heavy atom. The molecule has 0 atom stereocenters. The van der Waals surface area contributed by atoms with Crippen LogP contribution in [-0.4, -0.2) is 23.2 Å². The SMILES string of the molecule is C=CCON=C(C1=C(O)CC(C)(C)CC1=O)c1ccccc1. The van der Waals surface area contributed by atoms with Crippen LogP contribution >= 0.6 is 0 Å². The molecule has 1 aliphatic carbocycles. The van der Waals surface area contributed by atoms with Gasteiger partial charge in [0.1, 0.15) is 18.1 Å². The maximum absolute atomic E-state index is 12.5. The molecule has 1 aromatic carbocycles. The van der Waals surface area contributed by atoms with Crippen LogP contribution in [0.4, 0.5) is 0 Å². The Morgan fingerprint density at radius 3 is 2.64 bits per heavy atom. The van der Waals surface area contributed by atoms with E-state index < -0.39 is 0 Å². The van der Waals surface area contributed by atoms with Gasteiger partial charge < -0.3 is 9.94 Å². The average Bonchev–Trinajstić information content (AvgIpc) is 2.45. The van der Waals surface area contributed by atoms with Crippen molar-refractivity contribution in [3.63, 3.8) is 0 Å². The van der Waals surface area contributed by atoms with Crippen molar-refractivity contribution >= 4 is 11.5 Å². The third-order valence-corrected chi connectivity index (χ3v) is 3.48. The van der Waals surface area contributed by atoms with Crippen molar-refractivity contribution in [2.75, 3.05) is 6.61 Å². The summed E-state index contributed by atoms with van der Waals surface area (Å²) in [6.45, 7) is 7.74. The van der Waals surface area contributed by atoms with E-state index in [9.17, 15) is 9.90 Å². The van der Waals surface area contributed by atoms with Crippen LogP contribution in [0.25, 0.3) is 0 Å². The molecule has 0 aliphatic heterocycles. The smallest absolute Gasteiger partial charge is 0.169 e. The molecule has 4 heteroatoms. The van der Waals surface area contributed by atoms with Gasteiger partial charge in [-0.25, -0.2) is 0 Å². The summed E-state index contributed by atoms with van der Waals surface area (Å²) in [7, 11) is 0. The summed E-state index contributed by atoms with van der Waals surface area (Å²) >= 11 is 0. The number of allylic oxidation sites excluding steroid dienone is 2. The van der Waals surface area contributed by atoms with Gasteiger partial charge in [-0.2, -0.15) is 0 Å². The molecule has 0 heterocycles. The normalized spacial score (nSPS) is 18.3. The van der Waals surface area contributed by atoms with Gasteiger partial charge in [-0.3, -0.25) is 4.79 Å². The van der Waals surface area contributed by atoms with E-state index in [0.717, 1.165) is 5.56 Å². The number of benzene rings is 1. The number of hydrogen-bond acceptors (Lipinski definition) is 4. The second-order valence-corrected chi connectivity index (χ2v) is 6.15. The predicted molar refractivity (Wildman–Crippen MR) is 86.8 cm³/mol. The molecular weight excluding hydrogens is 278 g/mol.